The summed E-state index contributed by atoms with van der Waals surface area (Å²) in [5.74, 6) is -3.15. The minimum atomic E-state index is -5.46. The molecule has 1 fully saturated rings. The van der Waals surface area contributed by atoms with Crippen LogP contribution in [0.4, 0.5) is 57.5 Å². The Bertz CT molecular complexity index is 1490. The van der Waals surface area contributed by atoms with Gasteiger partial charge in [0.2, 0.25) is 0 Å². The average molecular weight is 586 g/mol. The number of nitrogens with zero attached hydrogens (tertiary/aromatic N) is 5. The molecule has 2 N–H and O–H groups in total. The van der Waals surface area contributed by atoms with Crippen LogP contribution < -0.4 is 25.2 Å². The van der Waals surface area contributed by atoms with Crippen molar-refractivity contribution in [2.45, 2.75) is 12.4 Å². The smallest absolute Gasteiger partial charge is 0.407 e. The number of benzene rings is 2. The molecule has 10 nitrogen and oxygen atoms in total. The number of alkyl halides is 6. The van der Waals surface area contributed by atoms with Crippen molar-refractivity contribution in [1.29, 1.82) is 0 Å². The van der Waals surface area contributed by atoms with Gasteiger partial charge >= 0.3 is 24.5 Å². The van der Waals surface area contributed by atoms with Crippen molar-refractivity contribution >= 4 is 35.2 Å². The average Bonchev–Trinajstić information content (AvgIpc) is 3.28. The molecule has 0 radical (unpaired) electrons. The predicted molar refractivity (Wildman–Crippen MR) is 128 cm³/mol. The van der Waals surface area contributed by atoms with Crippen LogP contribution in [-0.2, 0) is 12.4 Å². The number of hydrogen-bond acceptors (Lipinski definition) is 6. The second-order valence-electron chi connectivity index (χ2n) is 8.48. The second-order valence-corrected chi connectivity index (χ2v) is 8.48. The summed E-state index contributed by atoms with van der Waals surface area (Å²) in [5, 5.41) is 0. The highest BCUT2D eigenvalue weighted by atomic mass is 19.4. The lowest BCUT2D eigenvalue weighted by molar-refractivity contribution is -0.143. The number of ether oxygens (including phenoxy) is 1. The number of primary amides is 1. The Hall–Kier alpha value is -4.96. The third-order valence-electron chi connectivity index (χ3n) is 5.85. The molecular formula is C24H17F7N6O4. The van der Waals surface area contributed by atoms with Crippen LogP contribution in [0, 0.1) is 5.82 Å². The largest absolute Gasteiger partial charge is 0.420 e. The molecular weight excluding hydrogens is 569 g/mol. The van der Waals surface area contributed by atoms with Crippen molar-refractivity contribution in [3.8, 4) is 5.75 Å². The summed E-state index contributed by atoms with van der Waals surface area (Å²) >= 11 is 0. The van der Waals surface area contributed by atoms with Gasteiger partial charge in [0.15, 0.2) is 11.6 Å². The van der Waals surface area contributed by atoms with Gasteiger partial charge in [0, 0.05) is 25.8 Å². The number of rotatable bonds is 5. The van der Waals surface area contributed by atoms with Gasteiger partial charge in [0.1, 0.15) is 17.1 Å². The lowest BCUT2D eigenvalue weighted by Gasteiger charge is -2.26. The predicted octanol–water partition coefficient (Wildman–Crippen LogP) is 4.83. The van der Waals surface area contributed by atoms with Gasteiger partial charge in [-0.2, -0.15) is 26.3 Å². The highest BCUT2D eigenvalue weighted by Gasteiger charge is 2.44. The van der Waals surface area contributed by atoms with Crippen molar-refractivity contribution in [3.63, 3.8) is 0 Å². The van der Waals surface area contributed by atoms with Gasteiger partial charge in [-0.25, -0.2) is 23.9 Å². The van der Waals surface area contributed by atoms with Crippen LogP contribution in [0.1, 0.15) is 21.6 Å². The number of aromatic nitrogens is 2. The zero-order valence-corrected chi connectivity index (χ0v) is 20.6. The van der Waals surface area contributed by atoms with E-state index in [1.807, 2.05) is 0 Å². The molecule has 216 valence electrons. The van der Waals surface area contributed by atoms with Crippen molar-refractivity contribution in [2.24, 2.45) is 5.73 Å². The first kappa shape index (κ1) is 29.0. The second kappa shape index (κ2) is 10.5. The first-order valence-corrected chi connectivity index (χ1v) is 11.3. The van der Waals surface area contributed by atoms with Crippen LogP contribution in [0.2, 0.25) is 0 Å². The minimum Gasteiger partial charge on any atom is -0.407 e. The fourth-order valence-corrected chi connectivity index (χ4v) is 3.78. The van der Waals surface area contributed by atoms with Gasteiger partial charge in [-0.15, -0.1) is 0 Å². The molecule has 0 saturated carbocycles. The summed E-state index contributed by atoms with van der Waals surface area (Å²) in [7, 11) is 1.07. The molecule has 0 aliphatic carbocycles. The zero-order chi connectivity index (χ0) is 30.3. The highest BCUT2D eigenvalue weighted by molar-refractivity contribution is 6.07. The van der Waals surface area contributed by atoms with E-state index in [2.05, 4.69) is 9.97 Å². The standard InChI is InChI=1S/C24H17F7N6O4/c1-35(14-4-2-13(25)3-5-14)22(40)41-19-15(24(29,30)31)8-12(23(26,27)28)9-17(19)36-6-7-37(21(36)39)18-11-33-16(10-34-18)20(32)38/h2-5,8-11H,6-7H2,1H3,(H2,32,38). The van der Waals surface area contributed by atoms with E-state index in [1.165, 1.54) is 0 Å². The number of urea groups is 1. The molecule has 1 saturated heterocycles. The van der Waals surface area contributed by atoms with Crippen molar-refractivity contribution < 1.29 is 49.9 Å². The van der Waals surface area contributed by atoms with Crippen LogP contribution in [0.25, 0.3) is 0 Å². The van der Waals surface area contributed by atoms with Crippen LogP contribution in [-0.4, -0.2) is 48.1 Å². The number of hydrogen-bond donors (Lipinski definition) is 1. The molecule has 2 aromatic carbocycles. The van der Waals surface area contributed by atoms with Crippen LogP contribution >= 0.6 is 0 Å². The molecule has 0 atom stereocenters. The molecule has 1 aromatic heterocycles. The molecule has 17 heteroatoms. The third kappa shape index (κ3) is 5.97. The molecule has 0 spiro atoms. The Morgan fingerprint density at radius 1 is 0.951 bits per heavy atom. The maximum atomic E-state index is 14.1. The number of carbonyl (C=O) groups excluding carboxylic acids is 3. The summed E-state index contributed by atoms with van der Waals surface area (Å²) < 4.78 is 101. The van der Waals surface area contributed by atoms with E-state index in [4.69, 9.17) is 10.5 Å². The minimum absolute atomic E-state index is 0.0140. The van der Waals surface area contributed by atoms with Gasteiger partial charge in [-0.1, -0.05) is 0 Å². The van der Waals surface area contributed by atoms with Gasteiger partial charge in [-0.3, -0.25) is 19.5 Å². The topological polar surface area (TPSA) is 122 Å². The zero-order valence-electron chi connectivity index (χ0n) is 20.6. The highest BCUT2D eigenvalue weighted by Crippen LogP contribution is 2.47. The fourth-order valence-electron chi connectivity index (χ4n) is 3.78. The molecule has 1 aliphatic heterocycles. The van der Waals surface area contributed by atoms with E-state index >= 15 is 0 Å². The monoisotopic (exact) mass is 586 g/mol. The summed E-state index contributed by atoms with van der Waals surface area (Å²) in [4.78, 5) is 46.9. The van der Waals surface area contributed by atoms with E-state index in [0.717, 1.165) is 48.6 Å². The summed E-state index contributed by atoms with van der Waals surface area (Å²) in [5.41, 5.74) is 0.0822. The molecule has 0 unspecified atom stereocenters. The Labute approximate surface area is 225 Å². The summed E-state index contributed by atoms with van der Waals surface area (Å²) in [6, 6.07) is 3.03. The molecule has 1 aliphatic rings. The number of anilines is 3. The van der Waals surface area contributed by atoms with E-state index in [0.29, 0.717) is 9.80 Å². The van der Waals surface area contributed by atoms with Gasteiger partial charge in [-0.05, 0) is 36.4 Å². The van der Waals surface area contributed by atoms with Crippen molar-refractivity contribution in [1.82, 2.24) is 9.97 Å². The number of nitrogens with two attached hydrogens (primary N) is 1. The molecule has 2 heterocycles. The first-order valence-electron chi connectivity index (χ1n) is 11.3. The lowest BCUT2D eigenvalue weighted by Crippen LogP contribution is -2.34. The lowest BCUT2D eigenvalue weighted by atomic mass is 10.1. The van der Waals surface area contributed by atoms with Crippen molar-refractivity contribution in [2.75, 3.05) is 34.8 Å². The van der Waals surface area contributed by atoms with E-state index < -0.39 is 65.3 Å². The number of carbonyl (C=O) groups is 3. The maximum Gasteiger partial charge on any atom is 0.420 e. The number of amides is 4. The summed E-state index contributed by atoms with van der Waals surface area (Å²) in [6.45, 7) is -0.723. The molecule has 41 heavy (non-hydrogen) atoms. The SMILES string of the molecule is CN(C(=O)Oc1c(N2CCN(c3cnc(C(N)=O)cn3)C2=O)cc(C(F)(F)F)cc1C(F)(F)F)c1ccc(F)cc1. The van der Waals surface area contributed by atoms with E-state index in [1.54, 1.807) is 0 Å². The van der Waals surface area contributed by atoms with Gasteiger partial charge in [0.05, 0.1) is 23.6 Å². The van der Waals surface area contributed by atoms with Gasteiger partial charge in [0.25, 0.3) is 5.91 Å². The number of halogens is 7. The molecule has 0 bridgehead atoms. The Kier molecular flexibility index (Phi) is 7.47. The van der Waals surface area contributed by atoms with E-state index in [-0.39, 0.29) is 35.9 Å². The van der Waals surface area contributed by atoms with E-state index in [9.17, 15) is 45.1 Å². The Morgan fingerprint density at radius 2 is 1.59 bits per heavy atom. The molecule has 4 rings (SSSR count). The molecule has 4 amide bonds. The van der Waals surface area contributed by atoms with Crippen molar-refractivity contribution in [3.05, 3.63) is 71.4 Å². The third-order valence-corrected chi connectivity index (χ3v) is 5.85. The van der Waals surface area contributed by atoms with Crippen LogP contribution in [0.3, 0.4) is 0 Å². The van der Waals surface area contributed by atoms with Crippen LogP contribution in [0.5, 0.6) is 5.75 Å². The first-order chi connectivity index (χ1) is 19.1. The van der Waals surface area contributed by atoms with Gasteiger partial charge < -0.3 is 10.5 Å². The molecule has 3 aromatic rings. The normalized spacial score (nSPS) is 13.9. The van der Waals surface area contributed by atoms with Crippen LogP contribution in [0.15, 0.2) is 48.8 Å². The fraction of sp³-hybridized carbons (Fsp3) is 0.208. The quantitative estimate of drug-likeness (QED) is 0.428. The Balaban J connectivity index is 1.79. The maximum absolute atomic E-state index is 14.1. The summed E-state index contributed by atoms with van der Waals surface area (Å²) in [6.07, 6.45) is -10.3. The Morgan fingerprint density at radius 3 is 2.12 bits per heavy atom.